The van der Waals surface area contributed by atoms with Gasteiger partial charge < -0.3 is 16.0 Å². The Bertz CT molecular complexity index is 650. The molecule has 5 nitrogen and oxygen atoms in total. The highest BCUT2D eigenvalue weighted by Gasteiger charge is 2.33. The fourth-order valence-electron chi connectivity index (χ4n) is 4.67. The maximum atomic E-state index is 13.1. The van der Waals surface area contributed by atoms with E-state index in [0.29, 0.717) is 29.6 Å². The lowest BCUT2D eigenvalue weighted by atomic mass is 9.91. The van der Waals surface area contributed by atoms with Crippen molar-refractivity contribution in [2.24, 2.45) is 29.4 Å². The molecule has 2 fully saturated rings. The Kier molecular flexibility index (Phi) is 5.97. The summed E-state index contributed by atoms with van der Waals surface area (Å²) in [5.41, 5.74) is 7.03. The SMILES string of the molecule is CC1CC(C)CN(C(=O)c2ccccc2NC(=O)[C@@H]2CCC[C@@H]2CN)C1. The van der Waals surface area contributed by atoms with Gasteiger partial charge >= 0.3 is 0 Å². The second-order valence-electron chi connectivity index (χ2n) is 8.22. The molecule has 0 spiro atoms. The van der Waals surface area contributed by atoms with E-state index in [9.17, 15) is 9.59 Å². The largest absolute Gasteiger partial charge is 0.338 e. The van der Waals surface area contributed by atoms with Crippen molar-refractivity contribution in [1.82, 2.24) is 4.90 Å². The first-order chi connectivity index (χ1) is 12.5. The second-order valence-corrected chi connectivity index (χ2v) is 8.22. The first-order valence-corrected chi connectivity index (χ1v) is 9.88. The molecule has 4 atom stereocenters. The van der Waals surface area contributed by atoms with Crippen LogP contribution in [0, 0.1) is 23.7 Å². The minimum Gasteiger partial charge on any atom is -0.338 e. The van der Waals surface area contributed by atoms with E-state index in [0.717, 1.165) is 38.8 Å². The van der Waals surface area contributed by atoms with Crippen molar-refractivity contribution in [2.75, 3.05) is 25.0 Å². The smallest absolute Gasteiger partial charge is 0.255 e. The molecule has 1 aliphatic carbocycles. The zero-order valence-corrected chi connectivity index (χ0v) is 15.9. The quantitative estimate of drug-likeness (QED) is 0.869. The standard InChI is InChI=1S/C21H31N3O2/c1-14-10-15(2)13-24(12-14)21(26)18-7-3-4-9-19(18)23-20(25)17-8-5-6-16(17)11-22/h3-4,7,9,14-17H,5-6,8,10-13,22H2,1-2H3,(H,23,25)/t14?,15?,16-,17-/m1/s1. The van der Waals surface area contributed by atoms with Crippen molar-refractivity contribution in [3.05, 3.63) is 29.8 Å². The van der Waals surface area contributed by atoms with Crippen LogP contribution in [-0.4, -0.2) is 36.3 Å². The van der Waals surface area contributed by atoms with Crippen LogP contribution < -0.4 is 11.1 Å². The average Bonchev–Trinajstić information content (AvgIpc) is 3.09. The number of rotatable bonds is 4. The molecule has 2 aliphatic rings. The zero-order chi connectivity index (χ0) is 18.7. The Balaban J connectivity index is 1.75. The molecule has 0 radical (unpaired) electrons. The Hall–Kier alpha value is -1.88. The molecular weight excluding hydrogens is 326 g/mol. The molecule has 3 rings (SSSR count). The van der Waals surface area contributed by atoms with Crippen LogP contribution in [0.3, 0.4) is 0 Å². The third kappa shape index (κ3) is 4.09. The Labute approximate surface area is 156 Å². The third-order valence-electron chi connectivity index (χ3n) is 5.87. The molecular formula is C21H31N3O2. The van der Waals surface area contributed by atoms with Gasteiger partial charge in [0, 0.05) is 19.0 Å². The van der Waals surface area contributed by atoms with E-state index in [1.807, 2.05) is 29.2 Å². The minimum absolute atomic E-state index is 0.00131. The van der Waals surface area contributed by atoms with E-state index in [-0.39, 0.29) is 23.7 Å². The van der Waals surface area contributed by atoms with Crippen LogP contribution in [0.1, 0.15) is 49.9 Å². The van der Waals surface area contributed by atoms with Crippen molar-refractivity contribution < 1.29 is 9.59 Å². The summed E-state index contributed by atoms with van der Waals surface area (Å²) in [6.45, 7) is 6.49. The molecule has 1 saturated carbocycles. The van der Waals surface area contributed by atoms with Gasteiger partial charge in [-0.1, -0.05) is 32.4 Å². The van der Waals surface area contributed by atoms with Crippen LogP contribution >= 0.6 is 0 Å². The van der Waals surface area contributed by atoms with Gasteiger partial charge in [-0.2, -0.15) is 0 Å². The van der Waals surface area contributed by atoms with Crippen LogP contribution in [0.2, 0.25) is 0 Å². The Morgan fingerprint density at radius 2 is 1.85 bits per heavy atom. The maximum absolute atomic E-state index is 13.1. The number of carbonyl (C=O) groups excluding carboxylic acids is 2. The van der Waals surface area contributed by atoms with Gasteiger partial charge in [0.1, 0.15) is 0 Å². The van der Waals surface area contributed by atoms with Crippen molar-refractivity contribution in [3.8, 4) is 0 Å². The summed E-state index contributed by atoms with van der Waals surface area (Å²) in [4.78, 5) is 27.8. The van der Waals surface area contributed by atoms with Gasteiger partial charge in [-0.05, 0) is 55.7 Å². The van der Waals surface area contributed by atoms with Gasteiger partial charge in [-0.25, -0.2) is 0 Å². The number of hydrogen-bond acceptors (Lipinski definition) is 3. The second kappa shape index (κ2) is 8.21. The van der Waals surface area contributed by atoms with Crippen molar-refractivity contribution in [2.45, 2.75) is 39.5 Å². The van der Waals surface area contributed by atoms with Crippen LogP contribution in [0.4, 0.5) is 5.69 Å². The molecule has 1 aromatic carbocycles. The molecule has 26 heavy (non-hydrogen) atoms. The maximum Gasteiger partial charge on any atom is 0.255 e. The lowest BCUT2D eigenvalue weighted by Crippen LogP contribution is -2.43. The zero-order valence-electron chi connectivity index (χ0n) is 15.9. The van der Waals surface area contributed by atoms with Gasteiger partial charge in [0.2, 0.25) is 5.91 Å². The number of nitrogens with zero attached hydrogens (tertiary/aromatic N) is 1. The van der Waals surface area contributed by atoms with Crippen molar-refractivity contribution in [1.29, 1.82) is 0 Å². The number of likely N-dealkylation sites (tertiary alicyclic amines) is 1. The van der Waals surface area contributed by atoms with Crippen molar-refractivity contribution in [3.63, 3.8) is 0 Å². The lowest BCUT2D eigenvalue weighted by molar-refractivity contribution is -0.120. The van der Waals surface area contributed by atoms with Gasteiger partial charge in [-0.3, -0.25) is 9.59 Å². The van der Waals surface area contributed by atoms with Gasteiger partial charge in [0.25, 0.3) is 5.91 Å². The number of hydrogen-bond donors (Lipinski definition) is 2. The third-order valence-corrected chi connectivity index (χ3v) is 5.87. The van der Waals surface area contributed by atoms with Gasteiger partial charge in [0.05, 0.1) is 11.3 Å². The average molecular weight is 357 g/mol. The molecule has 1 heterocycles. The molecule has 1 aromatic rings. The van der Waals surface area contributed by atoms with E-state index in [2.05, 4.69) is 19.2 Å². The van der Waals surface area contributed by atoms with Crippen LogP contribution in [0.15, 0.2) is 24.3 Å². The fourth-order valence-corrected chi connectivity index (χ4v) is 4.67. The number of para-hydroxylation sites is 1. The topological polar surface area (TPSA) is 75.4 Å². The molecule has 3 N–H and O–H groups in total. The monoisotopic (exact) mass is 357 g/mol. The summed E-state index contributed by atoms with van der Waals surface area (Å²) in [6.07, 6.45) is 4.10. The molecule has 142 valence electrons. The first kappa shape index (κ1) is 18.9. The number of anilines is 1. The van der Waals surface area contributed by atoms with Gasteiger partial charge in [-0.15, -0.1) is 0 Å². The normalized spacial score (nSPS) is 28.8. The highest BCUT2D eigenvalue weighted by Crippen LogP contribution is 2.32. The number of nitrogens with one attached hydrogen (secondary N) is 1. The fraction of sp³-hybridized carbons (Fsp3) is 0.619. The van der Waals surface area contributed by atoms with Gasteiger partial charge in [0.15, 0.2) is 0 Å². The summed E-state index contributed by atoms with van der Waals surface area (Å²) in [5, 5.41) is 3.02. The number of carbonyl (C=O) groups is 2. The lowest BCUT2D eigenvalue weighted by Gasteiger charge is -2.35. The minimum atomic E-state index is -0.0433. The summed E-state index contributed by atoms with van der Waals surface area (Å²) >= 11 is 0. The number of nitrogens with two attached hydrogens (primary N) is 1. The number of amides is 2. The molecule has 1 aliphatic heterocycles. The molecule has 5 heteroatoms. The highest BCUT2D eigenvalue weighted by molar-refractivity contribution is 6.04. The van der Waals surface area contributed by atoms with E-state index in [1.54, 1.807) is 0 Å². The molecule has 1 saturated heterocycles. The highest BCUT2D eigenvalue weighted by atomic mass is 16.2. The van der Waals surface area contributed by atoms with Crippen LogP contribution in [0.25, 0.3) is 0 Å². The summed E-state index contributed by atoms with van der Waals surface area (Å²) in [6, 6.07) is 7.37. The van der Waals surface area contributed by atoms with Crippen molar-refractivity contribution >= 4 is 17.5 Å². The number of piperidine rings is 1. The predicted octanol–water partition coefficient (Wildman–Crippen LogP) is 3.12. The Morgan fingerprint density at radius 1 is 1.15 bits per heavy atom. The molecule has 0 aromatic heterocycles. The molecule has 0 bridgehead atoms. The van der Waals surface area contributed by atoms with Crippen LogP contribution in [-0.2, 0) is 4.79 Å². The molecule has 2 unspecified atom stereocenters. The Morgan fingerprint density at radius 3 is 2.54 bits per heavy atom. The predicted molar refractivity (Wildman–Crippen MR) is 104 cm³/mol. The van der Waals surface area contributed by atoms with E-state index in [4.69, 9.17) is 5.73 Å². The summed E-state index contributed by atoms with van der Waals surface area (Å²) < 4.78 is 0. The summed E-state index contributed by atoms with van der Waals surface area (Å²) in [7, 11) is 0. The molecule has 2 amide bonds. The van der Waals surface area contributed by atoms with E-state index < -0.39 is 0 Å². The number of benzene rings is 1. The summed E-state index contributed by atoms with van der Waals surface area (Å²) in [5.74, 6) is 1.24. The van der Waals surface area contributed by atoms with Crippen LogP contribution in [0.5, 0.6) is 0 Å². The van der Waals surface area contributed by atoms with E-state index in [1.165, 1.54) is 0 Å². The van der Waals surface area contributed by atoms with E-state index >= 15 is 0 Å². The first-order valence-electron chi connectivity index (χ1n) is 9.88.